The zero-order valence-corrected chi connectivity index (χ0v) is 54.8. The van der Waals surface area contributed by atoms with Crippen molar-refractivity contribution in [2.45, 2.75) is 296 Å². The molecule has 0 spiro atoms. The van der Waals surface area contributed by atoms with E-state index >= 15 is 0 Å². The van der Waals surface area contributed by atoms with Gasteiger partial charge < -0.3 is 15.1 Å². The van der Waals surface area contributed by atoms with Gasteiger partial charge in [-0.1, -0.05) is 289 Å². The number of hydrogen-bond acceptors (Lipinski definition) is 10. The van der Waals surface area contributed by atoms with Crippen LogP contribution in [-0.4, -0.2) is 52.8 Å². The molecule has 4 N–H and O–H groups in total. The minimum absolute atomic E-state index is 0.116. The summed E-state index contributed by atoms with van der Waals surface area (Å²) in [4.78, 5) is 23.3. The van der Waals surface area contributed by atoms with Gasteiger partial charge in [-0.25, -0.2) is 9.13 Å². The van der Waals surface area contributed by atoms with Crippen molar-refractivity contribution in [3.05, 3.63) is 0 Å². The Morgan fingerprint density at radius 1 is 0.458 bits per heavy atom. The summed E-state index contributed by atoms with van der Waals surface area (Å²) in [5.74, 6) is 11.0. The molecule has 4 rings (SSSR count). The van der Waals surface area contributed by atoms with Crippen molar-refractivity contribution in [2.75, 3.05) is 0 Å². The molecule has 11 nitrogen and oxygen atoms in total. The highest BCUT2D eigenvalue weighted by molar-refractivity contribution is 7.59. The summed E-state index contributed by atoms with van der Waals surface area (Å²) >= 11 is 0. The predicted molar refractivity (Wildman–Crippen MR) is 318 cm³/mol. The quantitative estimate of drug-likeness (QED) is 0.140. The summed E-state index contributed by atoms with van der Waals surface area (Å²) < 4.78 is 42.5. The second-order valence-corrected chi connectivity index (χ2v) is 23.8. The van der Waals surface area contributed by atoms with Gasteiger partial charge in [0.1, 0.15) is 0 Å². The zero-order chi connectivity index (χ0) is 60.0. The molecule has 4 aliphatic rings. The van der Waals surface area contributed by atoms with E-state index in [1.165, 1.54) is 96.3 Å². The number of rotatable bonds is 7. The molecule has 0 amide bonds. The van der Waals surface area contributed by atoms with E-state index in [2.05, 4.69) is 159 Å². The molecule has 0 aromatic heterocycles. The normalized spacial score (nSPS) is 13.4. The van der Waals surface area contributed by atoms with Gasteiger partial charge in [0.15, 0.2) is 0 Å². The Kier molecular flexibility index (Phi) is 106. The lowest BCUT2D eigenvalue weighted by atomic mass is 9.69. The van der Waals surface area contributed by atoms with Crippen LogP contribution in [0.5, 0.6) is 0 Å². The van der Waals surface area contributed by atoms with Crippen LogP contribution in [0.25, 0.3) is 0 Å². The molecular formula is C57H131B2O11PS. The van der Waals surface area contributed by atoms with Crippen molar-refractivity contribution in [2.24, 2.45) is 71.0 Å². The third-order valence-electron chi connectivity index (χ3n) is 9.64. The Balaban J connectivity index is -0.0000000623. The first-order valence-electron chi connectivity index (χ1n) is 28.6. The predicted octanol–water partition coefficient (Wildman–Crippen LogP) is 18.2. The van der Waals surface area contributed by atoms with Gasteiger partial charge in [0, 0.05) is 0 Å². The van der Waals surface area contributed by atoms with Crippen LogP contribution in [0.4, 0.5) is 0 Å². The molecule has 0 aromatic rings. The third-order valence-corrected chi connectivity index (χ3v) is 9.64. The summed E-state index contributed by atoms with van der Waals surface area (Å²) in [7, 11) is -7.36. The van der Waals surface area contributed by atoms with Crippen LogP contribution in [0.15, 0.2) is 0 Å². The Hall–Kier alpha value is -1.13. The SMILES string of the molecule is CC(C)C.CC(C)C.CC(C)C.CC(C)C1CCC1.CC(C)C1CCC1.CC(C)C1CCC1.CC(C)C1CCC1.CC(C)CB(O)O.CCB(C)O.CCC.CCC.CCC.O=C=O.O=P(=O)O.O=S(=O)=O. The van der Waals surface area contributed by atoms with E-state index in [0.29, 0.717) is 12.2 Å². The summed E-state index contributed by atoms with van der Waals surface area (Å²) in [5.41, 5.74) is 0. The van der Waals surface area contributed by atoms with Crippen LogP contribution in [-0.2, 0) is 29.3 Å². The summed E-state index contributed by atoms with van der Waals surface area (Å²) in [6, 6.07) is 0. The van der Waals surface area contributed by atoms with Gasteiger partial charge in [0.25, 0.3) is 6.92 Å². The van der Waals surface area contributed by atoms with E-state index in [-0.39, 0.29) is 13.1 Å². The van der Waals surface area contributed by atoms with Gasteiger partial charge in [0.2, 0.25) is 0 Å². The first-order valence-corrected chi connectivity index (χ1v) is 30.7. The van der Waals surface area contributed by atoms with Crippen LogP contribution >= 0.6 is 7.91 Å². The van der Waals surface area contributed by atoms with Crippen molar-refractivity contribution < 1.29 is 51.3 Å². The van der Waals surface area contributed by atoms with E-state index in [1.54, 1.807) is 6.82 Å². The minimum atomic E-state index is -3.12. The second kappa shape index (κ2) is 78.8. The highest BCUT2D eigenvalue weighted by Crippen LogP contribution is 2.34. The largest absolute Gasteiger partial charge is 0.465 e. The molecule has 72 heavy (non-hydrogen) atoms. The molecule has 4 fully saturated rings. The molecule has 0 bridgehead atoms. The molecule has 4 aliphatic carbocycles. The van der Waals surface area contributed by atoms with Gasteiger partial charge >= 0.3 is 31.8 Å². The molecule has 0 heterocycles. The molecule has 0 aromatic carbocycles. The zero-order valence-electron chi connectivity index (χ0n) is 53.1. The molecule has 0 saturated heterocycles. The number of carbonyl (C=O) groups excluding carboxylic acids is 2. The maximum atomic E-state index is 8.59. The van der Waals surface area contributed by atoms with Crippen LogP contribution in [0, 0.1) is 71.0 Å². The molecule has 0 unspecified atom stereocenters. The van der Waals surface area contributed by atoms with Gasteiger partial charge in [-0.05, 0) is 77.3 Å². The molecule has 442 valence electrons. The molecule has 0 radical (unpaired) electrons. The smallest absolute Gasteiger partial charge is 0.451 e. The average Bonchev–Trinajstić information content (AvgIpc) is 3.05. The van der Waals surface area contributed by atoms with Crippen LogP contribution in [0.3, 0.4) is 0 Å². The summed E-state index contributed by atoms with van der Waals surface area (Å²) in [6.07, 6.45) is 23.3. The fourth-order valence-corrected chi connectivity index (χ4v) is 4.85. The molecule has 4 saturated carbocycles. The van der Waals surface area contributed by atoms with E-state index < -0.39 is 25.6 Å². The first-order chi connectivity index (χ1) is 32.9. The highest BCUT2D eigenvalue weighted by atomic mass is 32.2. The average molecular weight is 1080 g/mol. The second-order valence-electron chi connectivity index (χ2n) is 23.0. The van der Waals surface area contributed by atoms with Crippen LogP contribution in [0.1, 0.15) is 276 Å². The maximum absolute atomic E-state index is 8.59. The standard InChI is InChI=1S/4C7H14.C4H11BO2.3C4H10.C3H9BO.3C3H8.CO2.HO3P.O3S/c4*1-6(2)7-4-3-5-7;1-4(2)3-5(6)7;3*1-4(2)3;1-3-4(2)5;3*1-3-2;2-1-3;2*1-4(2)3/h4*6-7H,3-5H2,1-2H3;4,6-7H,3H2,1-2H3;3*4H,1-3H3;5H,3H2,1-2H3;3*3H2,1-2H3;;(H,1,2,3);. The lowest BCUT2D eigenvalue weighted by Gasteiger charge is -2.28. The Labute approximate surface area is 454 Å². The fourth-order valence-electron chi connectivity index (χ4n) is 4.85. The van der Waals surface area contributed by atoms with Gasteiger partial charge in [-0.3, -0.25) is 4.89 Å². The Morgan fingerprint density at radius 2 is 0.569 bits per heavy atom. The maximum Gasteiger partial charge on any atom is 0.465 e. The van der Waals surface area contributed by atoms with Crippen molar-refractivity contribution in [3.8, 4) is 0 Å². The molecule has 0 aliphatic heterocycles. The third kappa shape index (κ3) is 158. The van der Waals surface area contributed by atoms with E-state index in [1.807, 2.05) is 20.8 Å². The monoisotopic (exact) mass is 1080 g/mol. The van der Waals surface area contributed by atoms with Crippen LogP contribution < -0.4 is 0 Å². The molecule has 15 heteroatoms. The lowest BCUT2D eigenvalue weighted by Crippen LogP contribution is -2.16. The lowest BCUT2D eigenvalue weighted by molar-refractivity contribution is -0.191. The summed E-state index contributed by atoms with van der Waals surface area (Å²) in [6.45, 7) is 58.3. The molecule has 0 atom stereocenters. The van der Waals surface area contributed by atoms with E-state index in [0.717, 1.165) is 71.4 Å². The van der Waals surface area contributed by atoms with E-state index in [4.69, 9.17) is 51.3 Å². The van der Waals surface area contributed by atoms with E-state index in [9.17, 15) is 0 Å². The summed E-state index contributed by atoms with van der Waals surface area (Å²) in [5, 5.41) is 24.9. The Bertz CT molecular complexity index is 1020. The van der Waals surface area contributed by atoms with Crippen molar-refractivity contribution >= 4 is 38.7 Å². The van der Waals surface area contributed by atoms with Gasteiger partial charge in [-0.15, -0.1) is 12.6 Å². The van der Waals surface area contributed by atoms with Crippen molar-refractivity contribution in [1.29, 1.82) is 0 Å². The minimum Gasteiger partial charge on any atom is -0.451 e. The van der Waals surface area contributed by atoms with Crippen molar-refractivity contribution in [3.63, 3.8) is 0 Å². The highest BCUT2D eigenvalue weighted by Gasteiger charge is 2.21. The number of hydrogen-bond donors (Lipinski definition) is 4. The van der Waals surface area contributed by atoms with Crippen LogP contribution in [0.2, 0.25) is 19.5 Å². The van der Waals surface area contributed by atoms with Crippen molar-refractivity contribution in [1.82, 2.24) is 0 Å². The van der Waals surface area contributed by atoms with Gasteiger partial charge in [0.05, 0.1) is 0 Å². The Morgan fingerprint density at radius 3 is 0.569 bits per heavy atom. The first kappa shape index (κ1) is 96.5. The van der Waals surface area contributed by atoms with Gasteiger partial charge in [-0.2, -0.15) is 9.59 Å². The molecular weight excluding hydrogens is 945 g/mol. The fraction of sp³-hybridized carbons (Fsp3) is 0.982. The topological polar surface area (TPSA) is 200 Å².